The van der Waals surface area contributed by atoms with Gasteiger partial charge in [-0.2, -0.15) is 0 Å². The molecule has 2 N–H and O–H groups in total. The number of para-hydroxylation sites is 1. The first-order chi connectivity index (χ1) is 4.75. The Labute approximate surface area is 67.3 Å². The van der Waals surface area contributed by atoms with Crippen molar-refractivity contribution >= 4 is 15.9 Å². The van der Waals surface area contributed by atoms with E-state index in [0.29, 0.717) is 10.0 Å². The van der Waals surface area contributed by atoms with Crippen molar-refractivity contribution < 1.29 is 10.2 Å². The van der Waals surface area contributed by atoms with Crippen LogP contribution in [0.3, 0.4) is 0 Å². The predicted molar refractivity (Wildman–Crippen MR) is 41.7 cm³/mol. The van der Waals surface area contributed by atoms with Crippen molar-refractivity contribution in [3.05, 3.63) is 28.2 Å². The molecule has 10 heavy (non-hydrogen) atoms. The van der Waals surface area contributed by atoms with Crippen molar-refractivity contribution in [2.75, 3.05) is 0 Å². The lowest BCUT2D eigenvalue weighted by molar-refractivity contribution is 0.275. The molecule has 0 heterocycles. The molecule has 0 bridgehead atoms. The van der Waals surface area contributed by atoms with Crippen LogP contribution < -0.4 is 0 Å². The summed E-state index contributed by atoms with van der Waals surface area (Å²) in [6.45, 7) is -0.134. The third kappa shape index (κ3) is 1.30. The molecule has 0 aromatic heterocycles. The van der Waals surface area contributed by atoms with Crippen LogP contribution in [0.15, 0.2) is 22.7 Å². The zero-order chi connectivity index (χ0) is 7.56. The number of halogens is 1. The van der Waals surface area contributed by atoms with Gasteiger partial charge >= 0.3 is 0 Å². The molecule has 0 radical (unpaired) electrons. The maximum Gasteiger partial charge on any atom is 0.135 e. The zero-order valence-corrected chi connectivity index (χ0v) is 6.80. The highest BCUT2D eigenvalue weighted by atomic mass is 79.9. The summed E-state index contributed by atoms with van der Waals surface area (Å²) >= 11 is 3.13. The minimum Gasteiger partial charge on any atom is -0.506 e. The van der Waals surface area contributed by atoms with E-state index >= 15 is 0 Å². The summed E-state index contributed by atoms with van der Waals surface area (Å²) in [7, 11) is 0. The van der Waals surface area contributed by atoms with Gasteiger partial charge in [0.15, 0.2) is 0 Å². The Morgan fingerprint density at radius 1 is 1.40 bits per heavy atom. The monoisotopic (exact) mass is 202 g/mol. The van der Waals surface area contributed by atoms with Crippen LogP contribution >= 0.6 is 15.9 Å². The molecule has 0 fully saturated rings. The number of aliphatic hydroxyl groups is 1. The number of hydrogen-bond acceptors (Lipinski definition) is 2. The average Bonchev–Trinajstić information content (AvgIpc) is 1.95. The molecular formula is C7H7BrO2. The molecule has 1 aromatic carbocycles. The van der Waals surface area contributed by atoms with Gasteiger partial charge in [0, 0.05) is 5.56 Å². The van der Waals surface area contributed by atoms with Gasteiger partial charge in [0.05, 0.1) is 11.1 Å². The molecule has 0 aliphatic carbocycles. The lowest BCUT2D eigenvalue weighted by atomic mass is 10.2. The molecule has 0 saturated heterocycles. The van der Waals surface area contributed by atoms with Crippen LogP contribution in [0.25, 0.3) is 0 Å². The molecular weight excluding hydrogens is 196 g/mol. The van der Waals surface area contributed by atoms with E-state index in [-0.39, 0.29) is 12.4 Å². The van der Waals surface area contributed by atoms with Crippen LogP contribution in [-0.2, 0) is 6.61 Å². The Kier molecular flexibility index (Phi) is 2.29. The summed E-state index contributed by atoms with van der Waals surface area (Å²) in [4.78, 5) is 0. The Balaban J connectivity index is 3.14. The maximum atomic E-state index is 9.19. The standard InChI is InChI=1S/C7H7BrO2/c8-6-3-1-2-5(4-9)7(6)10/h1-3,9-10H,4H2. The summed E-state index contributed by atoms with van der Waals surface area (Å²) < 4.78 is 0.610. The van der Waals surface area contributed by atoms with E-state index in [0.717, 1.165) is 0 Å². The Hall–Kier alpha value is -0.540. The summed E-state index contributed by atoms with van der Waals surface area (Å²) in [6, 6.07) is 5.14. The smallest absolute Gasteiger partial charge is 0.135 e. The van der Waals surface area contributed by atoms with E-state index in [1.165, 1.54) is 0 Å². The van der Waals surface area contributed by atoms with Crippen molar-refractivity contribution in [2.45, 2.75) is 6.61 Å². The lowest BCUT2D eigenvalue weighted by Crippen LogP contribution is -1.83. The second-order valence-corrected chi connectivity index (χ2v) is 2.76. The van der Waals surface area contributed by atoms with Gasteiger partial charge in [-0.15, -0.1) is 0 Å². The van der Waals surface area contributed by atoms with Crippen molar-refractivity contribution in [2.24, 2.45) is 0 Å². The van der Waals surface area contributed by atoms with Gasteiger partial charge in [-0.25, -0.2) is 0 Å². The van der Waals surface area contributed by atoms with Crippen LogP contribution in [0.4, 0.5) is 0 Å². The third-order valence-electron chi connectivity index (χ3n) is 1.24. The Morgan fingerprint density at radius 3 is 2.60 bits per heavy atom. The third-order valence-corrected chi connectivity index (χ3v) is 1.88. The molecule has 0 saturated carbocycles. The minimum atomic E-state index is -0.134. The number of phenols is 1. The number of benzene rings is 1. The fourth-order valence-corrected chi connectivity index (χ4v) is 1.09. The zero-order valence-electron chi connectivity index (χ0n) is 5.21. The van der Waals surface area contributed by atoms with Gasteiger partial charge in [0.1, 0.15) is 5.75 Å². The molecule has 0 spiro atoms. The van der Waals surface area contributed by atoms with Gasteiger partial charge in [0.2, 0.25) is 0 Å². The molecule has 1 rings (SSSR count). The van der Waals surface area contributed by atoms with E-state index < -0.39 is 0 Å². The number of aromatic hydroxyl groups is 1. The topological polar surface area (TPSA) is 40.5 Å². The first kappa shape index (κ1) is 7.57. The van der Waals surface area contributed by atoms with E-state index in [2.05, 4.69) is 15.9 Å². The number of rotatable bonds is 1. The van der Waals surface area contributed by atoms with Gasteiger partial charge in [-0.1, -0.05) is 12.1 Å². The Morgan fingerprint density at radius 2 is 2.10 bits per heavy atom. The number of hydrogen-bond donors (Lipinski definition) is 2. The molecule has 0 aliphatic rings. The molecule has 3 heteroatoms. The largest absolute Gasteiger partial charge is 0.506 e. The van der Waals surface area contributed by atoms with E-state index in [1.54, 1.807) is 18.2 Å². The molecule has 1 aromatic rings. The number of aliphatic hydroxyl groups excluding tert-OH is 1. The van der Waals surface area contributed by atoms with Gasteiger partial charge in [-0.3, -0.25) is 0 Å². The normalized spacial score (nSPS) is 9.80. The molecule has 0 unspecified atom stereocenters. The summed E-state index contributed by atoms with van der Waals surface area (Å²) in [5, 5.41) is 17.9. The summed E-state index contributed by atoms with van der Waals surface area (Å²) in [5.41, 5.74) is 0.536. The molecule has 0 atom stereocenters. The van der Waals surface area contributed by atoms with Gasteiger partial charge in [-0.05, 0) is 22.0 Å². The first-order valence-corrected chi connectivity index (χ1v) is 3.62. The van der Waals surface area contributed by atoms with Crippen molar-refractivity contribution in [1.82, 2.24) is 0 Å². The molecule has 0 amide bonds. The predicted octanol–water partition coefficient (Wildman–Crippen LogP) is 1.65. The van der Waals surface area contributed by atoms with Crippen molar-refractivity contribution in [3.8, 4) is 5.75 Å². The quantitative estimate of drug-likeness (QED) is 0.728. The SMILES string of the molecule is OCc1cccc(Br)c1O. The van der Waals surface area contributed by atoms with Crippen molar-refractivity contribution in [3.63, 3.8) is 0 Å². The summed E-state index contributed by atoms with van der Waals surface area (Å²) in [5.74, 6) is 0.116. The molecule has 2 nitrogen and oxygen atoms in total. The summed E-state index contributed by atoms with van der Waals surface area (Å²) in [6.07, 6.45) is 0. The van der Waals surface area contributed by atoms with E-state index in [4.69, 9.17) is 5.11 Å². The second kappa shape index (κ2) is 3.03. The van der Waals surface area contributed by atoms with Crippen LogP contribution in [0, 0.1) is 0 Å². The molecule has 0 aliphatic heterocycles. The van der Waals surface area contributed by atoms with E-state index in [9.17, 15) is 5.11 Å². The maximum absolute atomic E-state index is 9.19. The highest BCUT2D eigenvalue weighted by molar-refractivity contribution is 9.10. The van der Waals surface area contributed by atoms with Crippen LogP contribution in [0.5, 0.6) is 5.75 Å². The Bertz CT molecular complexity index is 235. The average molecular weight is 203 g/mol. The molecule has 54 valence electrons. The minimum absolute atomic E-state index is 0.116. The fourth-order valence-electron chi connectivity index (χ4n) is 0.688. The van der Waals surface area contributed by atoms with Crippen LogP contribution in [0.1, 0.15) is 5.56 Å². The van der Waals surface area contributed by atoms with E-state index in [1.807, 2.05) is 0 Å². The van der Waals surface area contributed by atoms with Gasteiger partial charge in [0.25, 0.3) is 0 Å². The van der Waals surface area contributed by atoms with Crippen LogP contribution in [-0.4, -0.2) is 10.2 Å². The van der Waals surface area contributed by atoms with Crippen molar-refractivity contribution in [1.29, 1.82) is 0 Å². The lowest BCUT2D eigenvalue weighted by Gasteiger charge is -2.00. The van der Waals surface area contributed by atoms with Gasteiger partial charge < -0.3 is 10.2 Å². The second-order valence-electron chi connectivity index (χ2n) is 1.91. The fraction of sp³-hybridized carbons (Fsp3) is 0.143. The van der Waals surface area contributed by atoms with Crippen LogP contribution in [0.2, 0.25) is 0 Å². The highest BCUT2D eigenvalue weighted by Gasteiger charge is 2.01. The first-order valence-electron chi connectivity index (χ1n) is 2.83. The highest BCUT2D eigenvalue weighted by Crippen LogP contribution is 2.26.